The molecule has 1 aliphatic rings. The normalized spacial score (nSPS) is 22.5. The van der Waals surface area contributed by atoms with Crippen LogP contribution in [0, 0.1) is 6.92 Å². The van der Waals surface area contributed by atoms with E-state index in [-0.39, 0.29) is 0 Å². The van der Waals surface area contributed by atoms with Gasteiger partial charge < -0.3 is 10.6 Å². The van der Waals surface area contributed by atoms with Crippen LogP contribution in [0.3, 0.4) is 0 Å². The van der Waals surface area contributed by atoms with Crippen LogP contribution in [0.1, 0.15) is 38.9 Å². The van der Waals surface area contributed by atoms with Crippen molar-refractivity contribution in [2.45, 2.75) is 44.8 Å². The highest BCUT2D eigenvalue weighted by Gasteiger charge is 2.29. The summed E-state index contributed by atoms with van der Waals surface area (Å²) in [4.78, 5) is 8.86. The quantitative estimate of drug-likeness (QED) is 0.837. The first kappa shape index (κ1) is 14.4. The number of thioether (sulfide) groups is 1. The van der Waals surface area contributed by atoms with Crippen molar-refractivity contribution in [2.75, 3.05) is 29.5 Å². The number of anilines is 2. The number of hydrogen-bond donors (Lipinski definition) is 2. The summed E-state index contributed by atoms with van der Waals surface area (Å²) in [5.74, 6) is 3.94. The Bertz CT molecular complexity index is 416. The van der Waals surface area contributed by atoms with Crippen LogP contribution in [0.15, 0.2) is 6.07 Å². The molecule has 1 aliphatic heterocycles. The second-order valence-electron chi connectivity index (χ2n) is 5.37. The summed E-state index contributed by atoms with van der Waals surface area (Å²) in [6.07, 6.45) is 3.71. The minimum absolute atomic E-state index is 0.357. The largest absolute Gasteiger partial charge is 0.370 e. The number of nitrogens with one attached hydrogen (secondary N) is 2. The van der Waals surface area contributed by atoms with Crippen molar-refractivity contribution in [3.05, 3.63) is 11.9 Å². The van der Waals surface area contributed by atoms with Gasteiger partial charge in [0, 0.05) is 23.9 Å². The van der Waals surface area contributed by atoms with E-state index in [9.17, 15) is 0 Å². The van der Waals surface area contributed by atoms with Gasteiger partial charge in [-0.05, 0) is 38.9 Å². The van der Waals surface area contributed by atoms with Crippen molar-refractivity contribution >= 4 is 23.4 Å². The maximum Gasteiger partial charge on any atom is 0.131 e. The smallest absolute Gasteiger partial charge is 0.131 e. The molecule has 106 valence electrons. The van der Waals surface area contributed by atoms with Gasteiger partial charge in [-0.2, -0.15) is 11.8 Å². The average Bonchev–Trinajstić information content (AvgIpc) is 2.81. The van der Waals surface area contributed by atoms with Gasteiger partial charge in [-0.25, -0.2) is 9.97 Å². The van der Waals surface area contributed by atoms with E-state index < -0.39 is 0 Å². The van der Waals surface area contributed by atoms with Crippen LogP contribution in [0.4, 0.5) is 11.6 Å². The topological polar surface area (TPSA) is 49.8 Å². The first-order valence-electron chi connectivity index (χ1n) is 7.09. The molecule has 0 amide bonds. The Hall–Kier alpha value is -0.970. The lowest BCUT2D eigenvalue weighted by molar-refractivity contribution is 0.633. The number of rotatable bonds is 6. The zero-order valence-corrected chi connectivity index (χ0v) is 12.9. The third-order valence-electron chi connectivity index (χ3n) is 3.34. The Balaban J connectivity index is 1.97. The highest BCUT2D eigenvalue weighted by molar-refractivity contribution is 8.00. The summed E-state index contributed by atoms with van der Waals surface area (Å²) in [6.45, 7) is 8.35. The van der Waals surface area contributed by atoms with E-state index in [1.54, 1.807) is 0 Å². The van der Waals surface area contributed by atoms with E-state index in [1.165, 1.54) is 18.6 Å². The van der Waals surface area contributed by atoms with Crippen molar-refractivity contribution in [3.63, 3.8) is 0 Å². The molecule has 2 N–H and O–H groups in total. The monoisotopic (exact) mass is 280 g/mol. The predicted molar refractivity (Wildman–Crippen MR) is 84.1 cm³/mol. The van der Waals surface area contributed by atoms with Gasteiger partial charge in [0.05, 0.1) is 0 Å². The summed E-state index contributed by atoms with van der Waals surface area (Å²) in [7, 11) is 0. The Morgan fingerprint density at radius 2 is 2.05 bits per heavy atom. The van der Waals surface area contributed by atoms with Gasteiger partial charge in [0.15, 0.2) is 0 Å². The van der Waals surface area contributed by atoms with Crippen molar-refractivity contribution < 1.29 is 0 Å². The lowest BCUT2D eigenvalue weighted by Crippen LogP contribution is -2.27. The molecule has 5 heteroatoms. The Morgan fingerprint density at radius 3 is 2.68 bits per heavy atom. The predicted octanol–water partition coefficient (Wildman–Crippen LogP) is 3.30. The van der Waals surface area contributed by atoms with E-state index in [2.05, 4.69) is 46.2 Å². The Morgan fingerprint density at radius 1 is 1.32 bits per heavy atom. The zero-order chi connectivity index (χ0) is 13.7. The second kappa shape index (κ2) is 6.46. The van der Waals surface area contributed by atoms with Crippen LogP contribution >= 0.6 is 11.8 Å². The van der Waals surface area contributed by atoms with Gasteiger partial charge in [-0.1, -0.05) is 6.92 Å². The molecule has 1 unspecified atom stereocenters. The third-order valence-corrected chi connectivity index (χ3v) is 4.88. The molecular formula is C14H24N4S. The van der Waals surface area contributed by atoms with Gasteiger partial charge >= 0.3 is 0 Å². The molecule has 1 aromatic heterocycles. The van der Waals surface area contributed by atoms with Crippen LogP contribution in [-0.2, 0) is 0 Å². The highest BCUT2D eigenvalue weighted by Crippen LogP contribution is 2.37. The minimum Gasteiger partial charge on any atom is -0.370 e. The lowest BCUT2D eigenvalue weighted by atomic mass is 10.1. The number of aryl methyl sites for hydroxylation is 1. The first-order chi connectivity index (χ1) is 9.11. The molecular weight excluding hydrogens is 256 g/mol. The molecule has 1 fully saturated rings. The maximum absolute atomic E-state index is 4.46. The zero-order valence-electron chi connectivity index (χ0n) is 12.1. The third kappa shape index (κ3) is 4.27. The van der Waals surface area contributed by atoms with E-state index in [0.717, 1.165) is 37.0 Å². The maximum atomic E-state index is 4.46. The molecule has 2 rings (SSSR count). The van der Waals surface area contributed by atoms with E-state index in [1.807, 2.05) is 13.0 Å². The van der Waals surface area contributed by atoms with Crippen molar-refractivity contribution in [1.29, 1.82) is 0 Å². The lowest BCUT2D eigenvalue weighted by Gasteiger charge is -2.23. The van der Waals surface area contributed by atoms with Gasteiger partial charge in [0.2, 0.25) is 0 Å². The number of nitrogens with zero attached hydrogens (tertiary/aromatic N) is 2. The molecule has 0 radical (unpaired) electrons. The number of aromatic nitrogens is 2. The molecule has 2 heterocycles. The fourth-order valence-corrected chi connectivity index (χ4v) is 3.50. The molecule has 0 aromatic carbocycles. The Kier molecular flexibility index (Phi) is 4.91. The summed E-state index contributed by atoms with van der Waals surface area (Å²) in [6, 6.07) is 2.01. The molecule has 1 atom stereocenters. The van der Waals surface area contributed by atoms with Gasteiger partial charge in [-0.3, -0.25) is 0 Å². The molecule has 0 bridgehead atoms. The summed E-state index contributed by atoms with van der Waals surface area (Å²) >= 11 is 2.06. The standard InChI is InChI=1S/C14H24N4S/c1-4-7-15-12-9-13(18-11(2)17-12)16-10-14(3)6-5-8-19-14/h9H,4-8,10H2,1-3H3,(H2,15,16,17,18). The minimum atomic E-state index is 0.357. The molecule has 4 nitrogen and oxygen atoms in total. The van der Waals surface area contributed by atoms with Gasteiger partial charge in [-0.15, -0.1) is 0 Å². The van der Waals surface area contributed by atoms with Crippen molar-refractivity contribution in [1.82, 2.24) is 9.97 Å². The average molecular weight is 280 g/mol. The molecule has 1 saturated heterocycles. The van der Waals surface area contributed by atoms with Crippen molar-refractivity contribution in [2.24, 2.45) is 0 Å². The highest BCUT2D eigenvalue weighted by atomic mass is 32.2. The molecule has 0 spiro atoms. The molecule has 0 aliphatic carbocycles. The van der Waals surface area contributed by atoms with E-state index in [4.69, 9.17) is 0 Å². The van der Waals surface area contributed by atoms with Crippen LogP contribution in [0.5, 0.6) is 0 Å². The van der Waals surface area contributed by atoms with Crippen LogP contribution < -0.4 is 10.6 Å². The van der Waals surface area contributed by atoms with Crippen molar-refractivity contribution in [3.8, 4) is 0 Å². The summed E-state index contributed by atoms with van der Waals surface area (Å²) in [5, 5.41) is 6.79. The summed E-state index contributed by atoms with van der Waals surface area (Å²) in [5.41, 5.74) is 0. The molecule has 19 heavy (non-hydrogen) atoms. The molecule has 0 saturated carbocycles. The van der Waals surface area contributed by atoms with Crippen LogP contribution in [-0.4, -0.2) is 33.6 Å². The number of hydrogen-bond acceptors (Lipinski definition) is 5. The second-order valence-corrected chi connectivity index (χ2v) is 7.05. The van der Waals surface area contributed by atoms with Gasteiger partial charge in [0.1, 0.15) is 17.5 Å². The fraction of sp³-hybridized carbons (Fsp3) is 0.714. The van der Waals surface area contributed by atoms with Gasteiger partial charge in [0.25, 0.3) is 0 Å². The first-order valence-corrected chi connectivity index (χ1v) is 8.07. The molecule has 1 aromatic rings. The van der Waals surface area contributed by atoms with E-state index >= 15 is 0 Å². The van der Waals surface area contributed by atoms with E-state index in [0.29, 0.717) is 4.75 Å². The Labute approximate surface area is 120 Å². The van der Waals surface area contributed by atoms with Crippen LogP contribution in [0.25, 0.3) is 0 Å². The summed E-state index contributed by atoms with van der Waals surface area (Å²) < 4.78 is 0.357. The van der Waals surface area contributed by atoms with Crippen LogP contribution in [0.2, 0.25) is 0 Å². The fourth-order valence-electron chi connectivity index (χ4n) is 2.26. The SMILES string of the molecule is CCCNc1cc(NCC2(C)CCCS2)nc(C)n1.